The van der Waals surface area contributed by atoms with Crippen molar-refractivity contribution in [3.63, 3.8) is 0 Å². The summed E-state index contributed by atoms with van der Waals surface area (Å²) in [4.78, 5) is 11.9. The fraction of sp³-hybridized carbons (Fsp3) is 0.235. The first-order chi connectivity index (χ1) is 9.97. The normalized spacial score (nSPS) is 11.4. The van der Waals surface area contributed by atoms with Crippen LogP contribution in [-0.2, 0) is 12.6 Å². The second-order valence-corrected chi connectivity index (χ2v) is 4.84. The quantitative estimate of drug-likeness (QED) is 0.715. The average Bonchev–Trinajstić information content (AvgIpc) is 2.47. The highest BCUT2D eigenvalue weighted by atomic mass is 19.4. The summed E-state index contributed by atoms with van der Waals surface area (Å²) in [5.74, 6) is 0.0163. The molecule has 2 aromatic rings. The van der Waals surface area contributed by atoms with Crippen molar-refractivity contribution in [3.8, 4) is 0 Å². The number of alkyl halides is 3. The van der Waals surface area contributed by atoms with Crippen LogP contribution in [0, 0.1) is 0 Å². The smallest absolute Gasteiger partial charge is 0.294 e. The van der Waals surface area contributed by atoms with E-state index in [9.17, 15) is 18.0 Å². The van der Waals surface area contributed by atoms with Gasteiger partial charge in [-0.15, -0.1) is 0 Å². The average molecular weight is 292 g/mol. The van der Waals surface area contributed by atoms with Crippen LogP contribution in [-0.4, -0.2) is 5.78 Å². The minimum Gasteiger partial charge on any atom is -0.294 e. The number of carbonyl (C=O) groups excluding carboxylic acids is 1. The maximum Gasteiger partial charge on any atom is 0.416 e. The SMILES string of the molecule is O=C(CCCc1cccc(C(F)(F)F)c1)c1ccccc1. The Morgan fingerprint density at radius 3 is 2.33 bits per heavy atom. The van der Waals surface area contributed by atoms with Gasteiger partial charge < -0.3 is 0 Å². The summed E-state index contributed by atoms with van der Waals surface area (Å²) < 4.78 is 37.8. The van der Waals surface area contributed by atoms with Crippen LogP contribution in [0.4, 0.5) is 13.2 Å². The lowest BCUT2D eigenvalue weighted by Gasteiger charge is -2.08. The Labute approximate surface area is 121 Å². The van der Waals surface area contributed by atoms with Gasteiger partial charge in [0.25, 0.3) is 0 Å². The molecular weight excluding hydrogens is 277 g/mol. The summed E-state index contributed by atoms with van der Waals surface area (Å²) in [5, 5.41) is 0. The fourth-order valence-electron chi connectivity index (χ4n) is 2.12. The number of Topliss-reactive ketones (excluding diaryl/α,β-unsaturated/α-hetero) is 1. The summed E-state index contributed by atoms with van der Waals surface area (Å²) in [5.41, 5.74) is 0.599. The third-order valence-corrected chi connectivity index (χ3v) is 3.22. The van der Waals surface area contributed by atoms with E-state index < -0.39 is 11.7 Å². The van der Waals surface area contributed by atoms with Crippen molar-refractivity contribution in [2.75, 3.05) is 0 Å². The molecule has 0 fully saturated rings. The van der Waals surface area contributed by atoms with Gasteiger partial charge in [-0.3, -0.25) is 4.79 Å². The molecule has 2 rings (SSSR count). The number of ketones is 1. The Hall–Kier alpha value is -2.10. The Kier molecular flexibility index (Phi) is 4.78. The Balaban J connectivity index is 1.91. The summed E-state index contributed by atoms with van der Waals surface area (Å²) in [6.45, 7) is 0. The highest BCUT2D eigenvalue weighted by Crippen LogP contribution is 2.29. The molecule has 0 atom stereocenters. The largest absolute Gasteiger partial charge is 0.416 e. The highest BCUT2D eigenvalue weighted by molar-refractivity contribution is 5.95. The van der Waals surface area contributed by atoms with E-state index in [4.69, 9.17) is 0 Å². The first kappa shape index (κ1) is 15.3. The highest BCUT2D eigenvalue weighted by Gasteiger charge is 2.30. The van der Waals surface area contributed by atoms with E-state index >= 15 is 0 Å². The van der Waals surface area contributed by atoms with Crippen LogP contribution in [0.2, 0.25) is 0 Å². The zero-order valence-electron chi connectivity index (χ0n) is 11.4. The molecule has 0 spiro atoms. The van der Waals surface area contributed by atoms with Crippen LogP contribution in [0.3, 0.4) is 0 Å². The van der Waals surface area contributed by atoms with Gasteiger partial charge >= 0.3 is 6.18 Å². The molecule has 21 heavy (non-hydrogen) atoms. The Bertz CT molecular complexity index is 603. The second-order valence-electron chi connectivity index (χ2n) is 4.84. The summed E-state index contributed by atoms with van der Waals surface area (Å²) in [6.07, 6.45) is -2.99. The molecule has 4 heteroatoms. The molecule has 0 saturated carbocycles. The lowest BCUT2D eigenvalue weighted by molar-refractivity contribution is -0.137. The van der Waals surface area contributed by atoms with Crippen molar-refractivity contribution in [2.24, 2.45) is 0 Å². The van der Waals surface area contributed by atoms with Gasteiger partial charge in [-0.2, -0.15) is 13.2 Å². The number of carbonyl (C=O) groups is 1. The number of hydrogen-bond donors (Lipinski definition) is 0. The van der Waals surface area contributed by atoms with Crippen LogP contribution in [0.25, 0.3) is 0 Å². The van der Waals surface area contributed by atoms with Gasteiger partial charge in [0.2, 0.25) is 0 Å². The van der Waals surface area contributed by atoms with Crippen molar-refractivity contribution in [1.29, 1.82) is 0 Å². The zero-order chi connectivity index (χ0) is 15.3. The predicted molar refractivity (Wildman–Crippen MR) is 75.2 cm³/mol. The maximum atomic E-state index is 12.6. The number of halogens is 3. The third kappa shape index (κ3) is 4.45. The monoisotopic (exact) mass is 292 g/mol. The van der Waals surface area contributed by atoms with Crippen molar-refractivity contribution in [2.45, 2.75) is 25.4 Å². The zero-order valence-corrected chi connectivity index (χ0v) is 11.4. The van der Waals surface area contributed by atoms with Crippen molar-refractivity contribution >= 4 is 5.78 Å². The maximum absolute atomic E-state index is 12.6. The molecule has 0 aliphatic heterocycles. The predicted octanol–water partition coefficient (Wildman–Crippen LogP) is 4.91. The topological polar surface area (TPSA) is 17.1 Å². The first-order valence-corrected chi connectivity index (χ1v) is 6.71. The van der Waals surface area contributed by atoms with E-state index in [2.05, 4.69) is 0 Å². The molecule has 0 radical (unpaired) electrons. The fourth-order valence-corrected chi connectivity index (χ4v) is 2.12. The van der Waals surface area contributed by atoms with Gasteiger partial charge in [0.05, 0.1) is 5.56 Å². The van der Waals surface area contributed by atoms with Gasteiger partial charge in [0, 0.05) is 12.0 Å². The molecule has 2 aromatic carbocycles. The number of benzene rings is 2. The molecule has 0 unspecified atom stereocenters. The Morgan fingerprint density at radius 1 is 0.952 bits per heavy atom. The summed E-state index contributed by atoms with van der Waals surface area (Å²) >= 11 is 0. The van der Waals surface area contributed by atoms with Gasteiger partial charge in [0.15, 0.2) is 5.78 Å². The van der Waals surface area contributed by atoms with Crippen molar-refractivity contribution < 1.29 is 18.0 Å². The molecule has 110 valence electrons. The second kappa shape index (κ2) is 6.57. The van der Waals surface area contributed by atoms with Crippen LogP contribution < -0.4 is 0 Å². The number of rotatable bonds is 5. The van der Waals surface area contributed by atoms with Crippen LogP contribution in [0.15, 0.2) is 54.6 Å². The summed E-state index contributed by atoms with van der Waals surface area (Å²) in [6, 6.07) is 14.2. The van der Waals surface area contributed by atoms with Crippen molar-refractivity contribution in [3.05, 3.63) is 71.3 Å². The molecule has 0 aliphatic carbocycles. The lowest BCUT2D eigenvalue weighted by Crippen LogP contribution is -2.05. The van der Waals surface area contributed by atoms with E-state index in [1.165, 1.54) is 6.07 Å². The molecule has 0 bridgehead atoms. The van der Waals surface area contributed by atoms with E-state index in [-0.39, 0.29) is 5.78 Å². The van der Waals surface area contributed by atoms with Gasteiger partial charge in [0.1, 0.15) is 0 Å². The lowest BCUT2D eigenvalue weighted by atomic mass is 10.0. The molecule has 0 aliphatic rings. The van der Waals surface area contributed by atoms with E-state index in [1.54, 1.807) is 30.3 Å². The Morgan fingerprint density at radius 2 is 1.67 bits per heavy atom. The third-order valence-electron chi connectivity index (χ3n) is 3.22. The number of aryl methyl sites for hydroxylation is 1. The van der Waals surface area contributed by atoms with E-state index in [1.807, 2.05) is 6.07 Å². The van der Waals surface area contributed by atoms with Crippen LogP contribution in [0.1, 0.15) is 34.3 Å². The van der Waals surface area contributed by atoms with Gasteiger partial charge in [-0.25, -0.2) is 0 Å². The van der Waals surface area contributed by atoms with Gasteiger partial charge in [-0.1, -0.05) is 48.5 Å². The van der Waals surface area contributed by atoms with Crippen LogP contribution >= 0.6 is 0 Å². The standard InChI is InChI=1S/C17H15F3O/c18-17(19,20)15-10-4-6-13(12-15)7-5-11-16(21)14-8-2-1-3-9-14/h1-4,6,8-10,12H,5,7,11H2. The molecule has 0 N–H and O–H groups in total. The molecule has 0 saturated heterocycles. The minimum atomic E-state index is -4.32. The molecular formula is C17H15F3O. The molecule has 0 heterocycles. The molecule has 0 aromatic heterocycles. The van der Waals surface area contributed by atoms with E-state index in [0.29, 0.717) is 30.4 Å². The molecule has 1 nitrogen and oxygen atoms in total. The first-order valence-electron chi connectivity index (χ1n) is 6.71. The van der Waals surface area contributed by atoms with Crippen LogP contribution in [0.5, 0.6) is 0 Å². The minimum absolute atomic E-state index is 0.0163. The van der Waals surface area contributed by atoms with E-state index in [0.717, 1.165) is 12.1 Å². The van der Waals surface area contributed by atoms with Gasteiger partial charge in [-0.05, 0) is 24.5 Å². The van der Waals surface area contributed by atoms with Crippen molar-refractivity contribution in [1.82, 2.24) is 0 Å². The summed E-state index contributed by atoms with van der Waals surface area (Å²) in [7, 11) is 0. The number of hydrogen-bond acceptors (Lipinski definition) is 1. The molecule has 0 amide bonds.